The maximum atomic E-state index is 12.4. The molecular weight excluding hydrogens is 218 g/mol. The van der Waals surface area contributed by atoms with Crippen LogP contribution in [0.4, 0.5) is 5.69 Å². The van der Waals surface area contributed by atoms with Crippen molar-refractivity contribution < 1.29 is 4.21 Å². The van der Waals surface area contributed by atoms with Crippen LogP contribution in [0.1, 0.15) is 37.7 Å². The van der Waals surface area contributed by atoms with Crippen LogP contribution in [0.2, 0.25) is 0 Å². The summed E-state index contributed by atoms with van der Waals surface area (Å²) in [5.74, 6) is 0. The van der Waals surface area contributed by atoms with Gasteiger partial charge in [-0.1, -0.05) is 31.4 Å². The first-order valence-corrected chi connectivity index (χ1v) is 7.17. The topological polar surface area (TPSA) is 43.1 Å². The van der Waals surface area contributed by atoms with Crippen molar-refractivity contribution in [2.45, 2.75) is 49.2 Å². The van der Waals surface area contributed by atoms with Crippen molar-refractivity contribution in [1.29, 1.82) is 0 Å². The minimum absolute atomic E-state index is 0.317. The van der Waals surface area contributed by atoms with Crippen LogP contribution in [0.3, 0.4) is 0 Å². The Labute approximate surface area is 99.7 Å². The Kier molecular flexibility index (Phi) is 3.64. The molecule has 1 aliphatic carbocycles. The zero-order valence-electron chi connectivity index (χ0n) is 9.74. The minimum Gasteiger partial charge on any atom is -0.398 e. The number of aryl methyl sites for hydroxylation is 1. The van der Waals surface area contributed by atoms with Crippen molar-refractivity contribution in [3.63, 3.8) is 0 Å². The molecule has 3 heteroatoms. The molecule has 1 aliphatic rings. The smallest absolute Gasteiger partial charge is 0.0622 e. The van der Waals surface area contributed by atoms with Gasteiger partial charge in [0.2, 0.25) is 0 Å². The van der Waals surface area contributed by atoms with E-state index in [1.54, 1.807) is 0 Å². The lowest BCUT2D eigenvalue weighted by Crippen LogP contribution is -2.19. The summed E-state index contributed by atoms with van der Waals surface area (Å²) < 4.78 is 12.4. The van der Waals surface area contributed by atoms with Crippen LogP contribution in [0, 0.1) is 6.92 Å². The van der Waals surface area contributed by atoms with E-state index in [1.165, 1.54) is 19.3 Å². The van der Waals surface area contributed by atoms with E-state index < -0.39 is 10.8 Å². The van der Waals surface area contributed by atoms with Crippen LogP contribution in [0.5, 0.6) is 0 Å². The van der Waals surface area contributed by atoms with Crippen molar-refractivity contribution in [2.75, 3.05) is 5.73 Å². The lowest BCUT2D eigenvalue weighted by atomic mass is 10.0. The molecule has 1 fully saturated rings. The zero-order valence-corrected chi connectivity index (χ0v) is 10.6. The number of rotatable bonds is 2. The normalized spacial score (nSPS) is 19.6. The highest BCUT2D eigenvalue weighted by atomic mass is 32.2. The molecule has 1 aromatic rings. The summed E-state index contributed by atoms with van der Waals surface area (Å²) in [6.07, 6.45) is 5.88. The summed E-state index contributed by atoms with van der Waals surface area (Å²) in [5.41, 5.74) is 7.74. The first kappa shape index (κ1) is 11.6. The molecule has 0 aromatic heterocycles. The van der Waals surface area contributed by atoms with Crippen LogP contribution in [0.25, 0.3) is 0 Å². The molecule has 0 amide bonds. The van der Waals surface area contributed by atoms with Crippen LogP contribution in [-0.4, -0.2) is 9.46 Å². The van der Waals surface area contributed by atoms with Gasteiger partial charge in [-0.3, -0.25) is 4.21 Å². The van der Waals surface area contributed by atoms with Gasteiger partial charge in [0, 0.05) is 5.25 Å². The molecule has 2 N–H and O–H groups in total. The molecule has 0 radical (unpaired) electrons. The van der Waals surface area contributed by atoms with Crippen molar-refractivity contribution in [1.82, 2.24) is 0 Å². The van der Waals surface area contributed by atoms with E-state index in [9.17, 15) is 4.21 Å². The molecule has 16 heavy (non-hydrogen) atoms. The van der Waals surface area contributed by atoms with E-state index in [1.807, 2.05) is 25.1 Å². The number of nitrogen functional groups attached to an aromatic ring is 1. The summed E-state index contributed by atoms with van der Waals surface area (Å²) in [4.78, 5) is 0.840. The fraction of sp³-hybridized carbons (Fsp3) is 0.538. The highest BCUT2D eigenvalue weighted by molar-refractivity contribution is 7.85. The minimum atomic E-state index is -0.917. The summed E-state index contributed by atoms with van der Waals surface area (Å²) >= 11 is 0. The highest BCUT2D eigenvalue weighted by Crippen LogP contribution is 2.29. The van der Waals surface area contributed by atoms with Gasteiger partial charge in [-0.15, -0.1) is 0 Å². The Balaban J connectivity index is 2.22. The SMILES string of the molecule is Cc1cccc(S(=O)C2CCCCC2)c1N. The monoisotopic (exact) mass is 237 g/mol. The second-order valence-corrected chi connectivity index (χ2v) is 6.25. The molecule has 1 unspecified atom stereocenters. The standard InChI is InChI=1S/C13H19NOS/c1-10-6-5-9-12(13(10)14)16(15)11-7-3-2-4-8-11/h5-6,9,11H,2-4,7-8,14H2,1H3. The molecule has 0 spiro atoms. The van der Waals surface area contributed by atoms with Crippen LogP contribution < -0.4 is 5.73 Å². The first-order valence-electron chi connectivity index (χ1n) is 5.96. The molecule has 1 aromatic carbocycles. The van der Waals surface area contributed by atoms with Gasteiger partial charge >= 0.3 is 0 Å². The van der Waals surface area contributed by atoms with Crippen LogP contribution in [-0.2, 0) is 10.8 Å². The van der Waals surface area contributed by atoms with Gasteiger partial charge in [0.05, 0.1) is 21.4 Å². The van der Waals surface area contributed by atoms with E-state index >= 15 is 0 Å². The average molecular weight is 237 g/mol. The Bertz CT molecular complexity index is 397. The average Bonchev–Trinajstić information content (AvgIpc) is 2.33. The van der Waals surface area contributed by atoms with Gasteiger partial charge in [-0.2, -0.15) is 0 Å². The second-order valence-electron chi connectivity index (χ2n) is 4.54. The summed E-state index contributed by atoms with van der Waals surface area (Å²) in [7, 11) is -0.917. The Morgan fingerprint density at radius 2 is 1.94 bits per heavy atom. The summed E-state index contributed by atoms with van der Waals surface area (Å²) in [6.45, 7) is 1.97. The van der Waals surface area contributed by atoms with Crippen LogP contribution >= 0.6 is 0 Å². The third-order valence-corrected chi connectivity index (χ3v) is 5.22. The van der Waals surface area contributed by atoms with E-state index in [2.05, 4.69) is 0 Å². The molecule has 0 aliphatic heterocycles. The number of anilines is 1. The quantitative estimate of drug-likeness (QED) is 0.803. The highest BCUT2D eigenvalue weighted by Gasteiger charge is 2.22. The van der Waals surface area contributed by atoms with E-state index in [0.717, 1.165) is 23.3 Å². The van der Waals surface area contributed by atoms with Gasteiger partial charge in [0.15, 0.2) is 0 Å². The number of para-hydroxylation sites is 1. The van der Waals surface area contributed by atoms with Crippen molar-refractivity contribution in [3.8, 4) is 0 Å². The second kappa shape index (κ2) is 5.00. The van der Waals surface area contributed by atoms with Gasteiger partial charge in [-0.05, 0) is 31.4 Å². The number of benzene rings is 1. The maximum Gasteiger partial charge on any atom is 0.0622 e. The lowest BCUT2D eigenvalue weighted by Gasteiger charge is -2.21. The summed E-state index contributed by atoms with van der Waals surface area (Å²) in [6, 6.07) is 5.83. The third-order valence-electron chi connectivity index (χ3n) is 3.36. The van der Waals surface area contributed by atoms with Gasteiger partial charge in [0.1, 0.15) is 0 Å². The van der Waals surface area contributed by atoms with Crippen molar-refractivity contribution in [2.24, 2.45) is 0 Å². The number of hydrogen-bond donors (Lipinski definition) is 1. The van der Waals surface area contributed by atoms with Gasteiger partial charge in [-0.25, -0.2) is 0 Å². The largest absolute Gasteiger partial charge is 0.398 e. The molecule has 0 heterocycles. The van der Waals surface area contributed by atoms with E-state index in [-0.39, 0.29) is 0 Å². The predicted molar refractivity (Wildman–Crippen MR) is 68.9 cm³/mol. The number of nitrogens with two attached hydrogens (primary N) is 1. The molecule has 1 atom stereocenters. The van der Waals surface area contributed by atoms with Crippen molar-refractivity contribution >= 4 is 16.5 Å². The molecule has 1 saturated carbocycles. The fourth-order valence-corrected chi connectivity index (χ4v) is 4.00. The zero-order chi connectivity index (χ0) is 11.5. The molecule has 0 saturated heterocycles. The Morgan fingerprint density at radius 1 is 1.25 bits per heavy atom. The lowest BCUT2D eigenvalue weighted by molar-refractivity contribution is 0.504. The molecule has 2 nitrogen and oxygen atoms in total. The van der Waals surface area contributed by atoms with Gasteiger partial charge in [0.25, 0.3) is 0 Å². The van der Waals surface area contributed by atoms with Crippen LogP contribution in [0.15, 0.2) is 23.1 Å². The third kappa shape index (κ3) is 2.29. The summed E-state index contributed by atoms with van der Waals surface area (Å²) in [5, 5.41) is 0.317. The van der Waals surface area contributed by atoms with E-state index in [0.29, 0.717) is 10.9 Å². The molecular formula is C13H19NOS. The van der Waals surface area contributed by atoms with Gasteiger partial charge < -0.3 is 5.73 Å². The van der Waals surface area contributed by atoms with Crippen molar-refractivity contribution in [3.05, 3.63) is 23.8 Å². The maximum absolute atomic E-state index is 12.4. The first-order chi connectivity index (χ1) is 7.70. The molecule has 0 bridgehead atoms. The Hall–Kier alpha value is -0.830. The van der Waals surface area contributed by atoms with E-state index in [4.69, 9.17) is 5.73 Å². The molecule has 2 rings (SSSR count). The number of hydrogen-bond acceptors (Lipinski definition) is 2. The molecule has 88 valence electrons. The fourth-order valence-electron chi connectivity index (χ4n) is 2.29. The Morgan fingerprint density at radius 3 is 2.62 bits per heavy atom. The predicted octanol–water partition coefficient (Wildman–Crippen LogP) is 3.02.